The third kappa shape index (κ3) is 7.22. The van der Waals surface area contributed by atoms with Gasteiger partial charge in [-0.05, 0) is 56.1 Å². The van der Waals surface area contributed by atoms with Gasteiger partial charge in [-0.25, -0.2) is 13.2 Å². The van der Waals surface area contributed by atoms with Crippen LogP contribution in [0, 0.1) is 0 Å². The lowest BCUT2D eigenvalue weighted by molar-refractivity contribution is -0.127. The maximum atomic E-state index is 13.3. The van der Waals surface area contributed by atoms with Crippen LogP contribution < -0.4 is 14.9 Å². The van der Waals surface area contributed by atoms with Gasteiger partial charge in [0.05, 0.1) is 41.1 Å². The van der Waals surface area contributed by atoms with E-state index in [0.29, 0.717) is 46.0 Å². The second kappa shape index (κ2) is 13.1. The van der Waals surface area contributed by atoms with Crippen LogP contribution >= 0.6 is 0 Å². The first-order valence-electron chi connectivity index (χ1n) is 13.5. The number of carbonyl (C=O) groups excluding carboxylic acids is 3. The maximum absolute atomic E-state index is 13.3. The normalized spacial score (nSPS) is 13.7. The van der Waals surface area contributed by atoms with Gasteiger partial charge in [-0.3, -0.25) is 13.9 Å². The van der Waals surface area contributed by atoms with Gasteiger partial charge in [0, 0.05) is 31.9 Å². The molecule has 0 atom stereocenters. The van der Waals surface area contributed by atoms with Crippen molar-refractivity contribution in [3.8, 4) is 0 Å². The van der Waals surface area contributed by atoms with Crippen molar-refractivity contribution in [2.24, 2.45) is 0 Å². The molecule has 4 rings (SSSR count). The highest BCUT2D eigenvalue weighted by Crippen LogP contribution is 2.38. The predicted octanol–water partition coefficient (Wildman–Crippen LogP) is 3.19. The number of nitrogens with one attached hydrogen (secondary N) is 2. The second-order valence-electron chi connectivity index (χ2n) is 10.4. The molecule has 0 saturated heterocycles. The van der Waals surface area contributed by atoms with E-state index in [2.05, 4.69) is 10.6 Å². The van der Waals surface area contributed by atoms with Crippen LogP contribution in [0.3, 0.4) is 0 Å². The minimum absolute atomic E-state index is 0.156. The molecule has 0 radical (unpaired) electrons. The summed E-state index contributed by atoms with van der Waals surface area (Å²) in [4.78, 5) is 41.0. The number of ether oxygens (including phenoxy) is 1. The molecular formula is C31H35N5O6S. The zero-order valence-corrected chi connectivity index (χ0v) is 25.6. The van der Waals surface area contributed by atoms with Crippen molar-refractivity contribution in [3.05, 3.63) is 89.5 Å². The van der Waals surface area contributed by atoms with Crippen molar-refractivity contribution >= 4 is 56.1 Å². The number of hydrogen-bond donors (Lipinski definition) is 2. The van der Waals surface area contributed by atoms with Gasteiger partial charge < -0.3 is 25.2 Å². The highest BCUT2D eigenvalue weighted by atomic mass is 32.2. The highest BCUT2D eigenvalue weighted by Gasteiger charge is 2.30. The van der Waals surface area contributed by atoms with E-state index < -0.39 is 16.0 Å². The number of hydrogen-bond acceptors (Lipinski definition) is 8. The summed E-state index contributed by atoms with van der Waals surface area (Å²) in [6.45, 7) is -0.0351. The minimum atomic E-state index is -3.81. The number of methoxy groups -OCH3 is 1. The van der Waals surface area contributed by atoms with E-state index >= 15 is 0 Å². The zero-order chi connectivity index (χ0) is 31.3. The molecule has 11 nitrogen and oxygen atoms in total. The Labute approximate surface area is 251 Å². The number of amides is 2. The van der Waals surface area contributed by atoms with Gasteiger partial charge in [-0.1, -0.05) is 36.4 Å². The van der Waals surface area contributed by atoms with E-state index in [0.717, 1.165) is 9.87 Å². The smallest absolute Gasteiger partial charge is 0.337 e. The monoisotopic (exact) mass is 605 g/mol. The molecule has 43 heavy (non-hydrogen) atoms. The van der Waals surface area contributed by atoms with Crippen LogP contribution in [0.4, 0.5) is 17.1 Å². The van der Waals surface area contributed by atoms with E-state index in [1.54, 1.807) is 75.6 Å². The summed E-state index contributed by atoms with van der Waals surface area (Å²) < 4.78 is 32.5. The summed E-state index contributed by atoms with van der Waals surface area (Å²) in [5.74, 6) is -1.37. The molecule has 0 fully saturated rings. The fourth-order valence-corrected chi connectivity index (χ4v) is 5.99. The largest absolute Gasteiger partial charge is 0.465 e. The fourth-order valence-electron chi connectivity index (χ4n) is 4.43. The molecule has 0 spiro atoms. The van der Waals surface area contributed by atoms with E-state index in [9.17, 15) is 22.8 Å². The lowest BCUT2D eigenvalue weighted by Crippen LogP contribution is -2.42. The highest BCUT2D eigenvalue weighted by molar-refractivity contribution is 7.92. The van der Waals surface area contributed by atoms with Crippen LogP contribution in [0.1, 0.15) is 21.5 Å². The van der Waals surface area contributed by atoms with Gasteiger partial charge in [0.25, 0.3) is 5.91 Å². The van der Waals surface area contributed by atoms with Crippen molar-refractivity contribution in [1.82, 2.24) is 9.80 Å². The van der Waals surface area contributed by atoms with Crippen molar-refractivity contribution in [3.63, 3.8) is 0 Å². The Morgan fingerprint density at radius 3 is 2.19 bits per heavy atom. The predicted molar refractivity (Wildman–Crippen MR) is 168 cm³/mol. The first-order chi connectivity index (χ1) is 20.4. The molecule has 0 unspecified atom stereocenters. The number of anilines is 3. The number of fused-ring (bicyclic) bond motifs is 1. The molecule has 1 aliphatic rings. The van der Waals surface area contributed by atoms with E-state index in [1.165, 1.54) is 12.0 Å². The van der Waals surface area contributed by atoms with Crippen molar-refractivity contribution < 1.29 is 27.5 Å². The molecule has 0 bridgehead atoms. The Morgan fingerprint density at radius 2 is 1.58 bits per heavy atom. The fraction of sp³-hybridized carbons (Fsp3) is 0.258. The number of sulfonamides is 1. The van der Waals surface area contributed by atoms with E-state index in [1.807, 2.05) is 30.3 Å². The molecule has 2 amide bonds. The zero-order valence-electron chi connectivity index (χ0n) is 24.7. The van der Waals surface area contributed by atoms with Gasteiger partial charge in [-0.2, -0.15) is 0 Å². The van der Waals surface area contributed by atoms with Crippen LogP contribution in [0.15, 0.2) is 72.8 Å². The summed E-state index contributed by atoms with van der Waals surface area (Å²) in [7, 11) is 4.19. The molecule has 3 aromatic rings. The van der Waals surface area contributed by atoms with Crippen LogP contribution in [0.2, 0.25) is 0 Å². The molecule has 0 aromatic heterocycles. The van der Waals surface area contributed by atoms with E-state index in [4.69, 9.17) is 4.74 Å². The van der Waals surface area contributed by atoms with Crippen molar-refractivity contribution in [1.29, 1.82) is 0 Å². The second-order valence-corrected chi connectivity index (χ2v) is 12.4. The first-order valence-corrected chi connectivity index (χ1v) is 15.1. The average molecular weight is 606 g/mol. The minimum Gasteiger partial charge on any atom is -0.465 e. The summed E-state index contributed by atoms with van der Waals surface area (Å²) in [6.07, 6.45) is 0. The van der Waals surface area contributed by atoms with Gasteiger partial charge in [0.2, 0.25) is 15.9 Å². The number of carbonyl (C=O) groups is 3. The van der Waals surface area contributed by atoms with Crippen molar-refractivity contribution in [2.75, 3.05) is 69.1 Å². The first kappa shape index (κ1) is 31.3. The van der Waals surface area contributed by atoms with Crippen LogP contribution in [0.25, 0.3) is 11.3 Å². The molecule has 1 heterocycles. The summed E-state index contributed by atoms with van der Waals surface area (Å²) in [5, 5.41) is 6.17. The topological polar surface area (TPSA) is 128 Å². The van der Waals surface area contributed by atoms with E-state index in [-0.39, 0.29) is 24.1 Å². The van der Waals surface area contributed by atoms with Gasteiger partial charge >= 0.3 is 5.97 Å². The lowest BCUT2D eigenvalue weighted by atomic mass is 9.99. The third-order valence-electron chi connectivity index (χ3n) is 6.83. The Bertz CT molecular complexity index is 1650. The van der Waals surface area contributed by atoms with Crippen LogP contribution in [-0.2, 0) is 24.3 Å². The quantitative estimate of drug-likeness (QED) is 0.252. The number of esters is 1. The van der Waals surface area contributed by atoms with Crippen molar-refractivity contribution in [2.45, 2.75) is 0 Å². The maximum Gasteiger partial charge on any atom is 0.337 e. The van der Waals surface area contributed by atoms with Gasteiger partial charge in [-0.15, -0.1) is 0 Å². The molecule has 12 heteroatoms. The molecule has 2 N–H and O–H groups in total. The van der Waals surface area contributed by atoms with Crippen LogP contribution in [-0.4, -0.2) is 90.1 Å². The summed E-state index contributed by atoms with van der Waals surface area (Å²) in [6, 6.07) is 20.8. The molecular weight excluding hydrogens is 570 g/mol. The van der Waals surface area contributed by atoms with Gasteiger partial charge in [0.15, 0.2) is 0 Å². The summed E-state index contributed by atoms with van der Waals surface area (Å²) >= 11 is 0. The Balaban J connectivity index is 1.73. The Kier molecular flexibility index (Phi) is 9.52. The number of nitrogens with zero attached hydrogens (tertiary/aromatic N) is 3. The average Bonchev–Trinajstić information content (AvgIpc) is 3.32. The third-order valence-corrected chi connectivity index (χ3v) is 8.54. The molecule has 3 aromatic carbocycles. The number of benzene rings is 3. The van der Waals surface area contributed by atoms with Gasteiger partial charge in [0.1, 0.15) is 6.54 Å². The Morgan fingerprint density at radius 1 is 0.907 bits per heavy atom. The molecule has 226 valence electrons. The lowest BCUT2D eigenvalue weighted by Gasteiger charge is -2.26. The SMILES string of the molecule is COC(=O)c1ccc2c(c1)NC(=O)/C2=C(/Nc1ccc(N(CC(=O)N(C)C)S(=O)(=O)CCN(C)C)cc1)c1ccccc1. The number of rotatable bonds is 11. The molecule has 1 aliphatic heterocycles. The standard InChI is InChI=1S/C31H35N5O6S/c1-34(2)17-18-43(40,41)36(20-27(37)35(3)4)24-14-12-23(13-15-24)32-29(21-9-7-6-8-10-21)28-25-16-11-22(31(39)42-5)19-26(25)33-30(28)38/h6-16,19,32H,17-18,20H2,1-5H3,(H,33,38)/b29-28+. The summed E-state index contributed by atoms with van der Waals surface area (Å²) in [5.41, 5.74) is 3.98. The number of likely N-dealkylation sites (N-methyl/N-ethyl adjacent to an activating group) is 1. The molecule has 0 saturated carbocycles. The molecule has 0 aliphatic carbocycles. The van der Waals surface area contributed by atoms with Crippen LogP contribution in [0.5, 0.6) is 0 Å². The Hall–Kier alpha value is -4.68.